The van der Waals surface area contributed by atoms with Gasteiger partial charge in [0.2, 0.25) is 0 Å². The third kappa shape index (κ3) is 5.47. The molecule has 4 aromatic rings. The van der Waals surface area contributed by atoms with E-state index < -0.39 is 6.36 Å². The van der Waals surface area contributed by atoms with Gasteiger partial charge in [0.1, 0.15) is 11.6 Å². The Labute approximate surface area is 191 Å². The van der Waals surface area contributed by atoms with Crippen LogP contribution in [0.5, 0.6) is 5.75 Å². The quantitative estimate of drug-likeness (QED) is 0.146. The molecule has 0 N–H and O–H groups in total. The fourth-order valence-corrected chi connectivity index (χ4v) is 4.31. The van der Waals surface area contributed by atoms with Crippen LogP contribution >= 0.6 is 0 Å². The van der Waals surface area contributed by atoms with E-state index >= 15 is 4.39 Å². The summed E-state index contributed by atoms with van der Waals surface area (Å²) in [6.07, 6.45) is 2.48. The van der Waals surface area contributed by atoms with Crippen molar-refractivity contribution in [2.75, 3.05) is 0 Å². The van der Waals surface area contributed by atoms with Crippen LogP contribution in [0.4, 0.5) is 17.6 Å². The summed E-state index contributed by atoms with van der Waals surface area (Å²) in [6.45, 7) is 2.21. The molecule has 0 fully saturated rings. The zero-order valence-corrected chi connectivity index (χ0v) is 18.5. The molecule has 0 bridgehead atoms. The molecule has 1 nitrogen and oxygen atoms in total. The van der Waals surface area contributed by atoms with E-state index in [2.05, 4.69) is 29.9 Å². The van der Waals surface area contributed by atoms with Crippen molar-refractivity contribution in [1.29, 1.82) is 0 Å². The average Bonchev–Trinajstić information content (AvgIpc) is 2.78. The maximum atomic E-state index is 15.4. The first-order valence-electron chi connectivity index (χ1n) is 11.4. The zero-order chi connectivity index (χ0) is 23.4. The Bertz CT molecular complexity index is 1240. The molecule has 5 heteroatoms. The second-order valence-corrected chi connectivity index (χ2v) is 8.38. The molecule has 0 saturated carbocycles. The van der Waals surface area contributed by atoms with Crippen molar-refractivity contribution in [3.05, 3.63) is 78.1 Å². The van der Waals surface area contributed by atoms with Crippen molar-refractivity contribution in [2.45, 2.75) is 51.8 Å². The molecule has 4 aromatic carbocycles. The summed E-state index contributed by atoms with van der Waals surface area (Å²) in [5, 5.41) is 3.37. The first-order chi connectivity index (χ1) is 15.9. The number of hydrogen-bond acceptors (Lipinski definition) is 1. The van der Waals surface area contributed by atoms with Gasteiger partial charge in [-0.05, 0) is 52.3 Å². The molecule has 0 aromatic heterocycles. The lowest BCUT2D eigenvalue weighted by atomic mass is 9.95. The molecule has 0 aliphatic rings. The van der Waals surface area contributed by atoms with Crippen molar-refractivity contribution in [2.24, 2.45) is 0 Å². The average molecular weight is 455 g/mol. The molecule has 0 radical (unpaired) electrons. The summed E-state index contributed by atoms with van der Waals surface area (Å²) in [5.41, 5.74) is 2.11. The summed E-state index contributed by atoms with van der Waals surface area (Å²) in [7, 11) is 0. The molecule has 0 atom stereocenters. The van der Waals surface area contributed by atoms with E-state index in [1.54, 1.807) is 12.1 Å². The van der Waals surface area contributed by atoms with Crippen LogP contribution in [0.15, 0.2) is 66.7 Å². The number of ether oxygens (including phenoxy) is 1. The van der Waals surface area contributed by atoms with E-state index in [-0.39, 0.29) is 11.6 Å². The summed E-state index contributed by atoms with van der Waals surface area (Å²) in [6, 6.07) is 18.9. The Morgan fingerprint density at radius 1 is 0.727 bits per heavy atom. The van der Waals surface area contributed by atoms with Gasteiger partial charge >= 0.3 is 6.36 Å². The third-order valence-electron chi connectivity index (χ3n) is 5.98. The molecule has 0 amide bonds. The van der Waals surface area contributed by atoms with Crippen LogP contribution in [0.25, 0.3) is 32.7 Å². The Balaban J connectivity index is 1.60. The van der Waals surface area contributed by atoms with Gasteiger partial charge in [-0.15, -0.1) is 13.2 Å². The number of fused-ring (bicyclic) bond motifs is 3. The molecular formula is C28H26F4O. The summed E-state index contributed by atoms with van der Waals surface area (Å²) >= 11 is 0. The molecule has 0 spiro atoms. The van der Waals surface area contributed by atoms with Gasteiger partial charge in [0.05, 0.1) is 0 Å². The van der Waals surface area contributed by atoms with Gasteiger partial charge in [-0.3, -0.25) is 0 Å². The van der Waals surface area contributed by atoms with Crippen molar-refractivity contribution in [3.63, 3.8) is 0 Å². The maximum Gasteiger partial charge on any atom is 0.573 e. The number of unbranched alkanes of at least 4 members (excludes halogenated alkanes) is 4. The Morgan fingerprint density at radius 2 is 1.42 bits per heavy atom. The lowest BCUT2D eigenvalue weighted by Crippen LogP contribution is -2.16. The van der Waals surface area contributed by atoms with Gasteiger partial charge in [-0.2, -0.15) is 0 Å². The predicted octanol–water partition coefficient (Wildman–Crippen LogP) is 9.21. The fraction of sp³-hybridized carbons (Fsp3) is 0.286. The van der Waals surface area contributed by atoms with E-state index in [0.717, 1.165) is 22.6 Å². The first-order valence-corrected chi connectivity index (χ1v) is 11.4. The summed E-state index contributed by atoms with van der Waals surface area (Å²) < 4.78 is 56.4. The highest BCUT2D eigenvalue weighted by Crippen LogP contribution is 2.34. The molecule has 0 aliphatic heterocycles. The Morgan fingerprint density at radius 3 is 2.15 bits per heavy atom. The van der Waals surface area contributed by atoms with Crippen molar-refractivity contribution < 1.29 is 22.3 Å². The van der Waals surface area contributed by atoms with Gasteiger partial charge in [0.15, 0.2) is 0 Å². The summed E-state index contributed by atoms with van der Waals surface area (Å²) in [5.74, 6) is -0.724. The minimum absolute atomic E-state index is 0.334. The largest absolute Gasteiger partial charge is 0.573 e. The Hall–Kier alpha value is -3.08. The summed E-state index contributed by atoms with van der Waals surface area (Å²) in [4.78, 5) is 0. The van der Waals surface area contributed by atoms with E-state index in [4.69, 9.17) is 0 Å². The van der Waals surface area contributed by atoms with E-state index in [9.17, 15) is 13.2 Å². The van der Waals surface area contributed by atoms with Gasteiger partial charge < -0.3 is 4.74 Å². The van der Waals surface area contributed by atoms with E-state index in [0.29, 0.717) is 16.5 Å². The SMILES string of the molecule is CCCCCCCc1ccc2c(ccc3c(F)c(-c4ccc(OC(F)(F)F)cc4)ccc32)c1. The van der Waals surface area contributed by atoms with Crippen LogP contribution in [0.2, 0.25) is 0 Å². The van der Waals surface area contributed by atoms with Gasteiger partial charge in [0, 0.05) is 10.9 Å². The number of aryl methyl sites for hydroxylation is 1. The zero-order valence-electron chi connectivity index (χ0n) is 18.5. The highest BCUT2D eigenvalue weighted by atomic mass is 19.4. The molecule has 0 saturated heterocycles. The standard InChI is InChI=1S/C28H26F4O/c1-2-3-4-5-6-7-19-8-14-23-21(18-19)11-15-26-25(23)17-16-24(27(26)29)20-9-12-22(13-10-20)33-28(30,31)32/h8-18H,2-7H2,1H3. The van der Waals surface area contributed by atoms with Crippen LogP contribution in [-0.2, 0) is 6.42 Å². The van der Waals surface area contributed by atoms with Crippen molar-refractivity contribution >= 4 is 21.5 Å². The van der Waals surface area contributed by atoms with Crippen molar-refractivity contribution in [3.8, 4) is 16.9 Å². The van der Waals surface area contributed by atoms with E-state index in [1.807, 2.05) is 12.1 Å². The molecular weight excluding hydrogens is 428 g/mol. The Kier molecular flexibility index (Phi) is 6.87. The number of alkyl halides is 3. The topological polar surface area (TPSA) is 9.23 Å². The lowest BCUT2D eigenvalue weighted by Gasteiger charge is -2.12. The smallest absolute Gasteiger partial charge is 0.406 e. The van der Waals surface area contributed by atoms with Gasteiger partial charge in [0.25, 0.3) is 0 Å². The monoisotopic (exact) mass is 454 g/mol. The highest BCUT2D eigenvalue weighted by Gasteiger charge is 2.31. The van der Waals surface area contributed by atoms with Crippen LogP contribution in [-0.4, -0.2) is 6.36 Å². The van der Waals surface area contributed by atoms with Gasteiger partial charge in [-0.25, -0.2) is 4.39 Å². The van der Waals surface area contributed by atoms with Crippen LogP contribution in [0.1, 0.15) is 44.6 Å². The highest BCUT2D eigenvalue weighted by molar-refractivity contribution is 6.08. The fourth-order valence-electron chi connectivity index (χ4n) is 4.31. The number of rotatable bonds is 8. The van der Waals surface area contributed by atoms with Crippen LogP contribution < -0.4 is 4.74 Å². The molecule has 172 valence electrons. The predicted molar refractivity (Wildman–Crippen MR) is 126 cm³/mol. The lowest BCUT2D eigenvalue weighted by molar-refractivity contribution is -0.274. The second kappa shape index (κ2) is 9.82. The molecule has 33 heavy (non-hydrogen) atoms. The maximum absolute atomic E-state index is 15.4. The van der Waals surface area contributed by atoms with Crippen molar-refractivity contribution in [1.82, 2.24) is 0 Å². The molecule has 4 rings (SSSR count). The molecule has 0 heterocycles. The normalized spacial score (nSPS) is 11.9. The number of hydrogen-bond donors (Lipinski definition) is 0. The van der Waals surface area contributed by atoms with E-state index in [1.165, 1.54) is 61.9 Å². The second-order valence-electron chi connectivity index (χ2n) is 8.38. The third-order valence-corrected chi connectivity index (χ3v) is 5.98. The van der Waals surface area contributed by atoms with Crippen LogP contribution in [0.3, 0.4) is 0 Å². The van der Waals surface area contributed by atoms with Crippen LogP contribution in [0, 0.1) is 5.82 Å². The number of halogens is 4. The minimum atomic E-state index is -4.76. The first kappa shape index (κ1) is 23.1. The molecule has 0 unspecified atom stereocenters. The minimum Gasteiger partial charge on any atom is -0.406 e. The number of benzene rings is 4. The molecule has 0 aliphatic carbocycles. The van der Waals surface area contributed by atoms with Gasteiger partial charge in [-0.1, -0.05) is 87.2 Å².